The van der Waals surface area contributed by atoms with Crippen molar-refractivity contribution in [2.75, 3.05) is 5.32 Å². The predicted octanol–water partition coefficient (Wildman–Crippen LogP) is 1.91. The van der Waals surface area contributed by atoms with Gasteiger partial charge in [-0.25, -0.2) is 0 Å². The van der Waals surface area contributed by atoms with Crippen LogP contribution in [0.15, 0.2) is 22.7 Å². The Morgan fingerprint density at radius 3 is 2.54 bits per heavy atom. The molecule has 0 aliphatic heterocycles. The summed E-state index contributed by atoms with van der Waals surface area (Å²) in [7, 11) is 0. The van der Waals surface area contributed by atoms with Gasteiger partial charge in [-0.3, -0.25) is 14.4 Å². The predicted molar refractivity (Wildman–Crippen MR) is 101 cm³/mol. The lowest BCUT2D eigenvalue weighted by atomic mass is 10.1. The van der Waals surface area contributed by atoms with Crippen LogP contribution in [0.25, 0.3) is 0 Å². The molecular weight excluding hydrogens is 386 g/mol. The third-order valence-electron chi connectivity index (χ3n) is 4.10. The lowest BCUT2D eigenvalue weighted by Gasteiger charge is -2.21. The average Bonchev–Trinajstić information content (AvgIpc) is 3.32. The quantitative estimate of drug-likeness (QED) is 0.652. The summed E-state index contributed by atoms with van der Waals surface area (Å²) >= 11 is 6.08. The largest absolute Gasteiger partial charge is 0.349 e. The summed E-state index contributed by atoms with van der Waals surface area (Å²) in [5.41, 5.74) is -0.505. The maximum Gasteiger partial charge on any atom is 0.313 e. The minimum absolute atomic E-state index is 0.170. The van der Waals surface area contributed by atoms with Crippen molar-refractivity contribution in [3.63, 3.8) is 0 Å². The second-order valence-corrected chi connectivity index (χ2v) is 7.52. The van der Waals surface area contributed by atoms with Crippen LogP contribution < -0.4 is 16.0 Å². The van der Waals surface area contributed by atoms with Crippen LogP contribution >= 0.6 is 11.6 Å². The maximum atomic E-state index is 12.3. The Kier molecular flexibility index (Phi) is 5.37. The van der Waals surface area contributed by atoms with Gasteiger partial charge in [0, 0.05) is 18.7 Å². The molecule has 1 aliphatic rings. The zero-order valence-corrected chi connectivity index (χ0v) is 16.4. The summed E-state index contributed by atoms with van der Waals surface area (Å²) in [6.07, 6.45) is 1.88. The molecule has 10 heteroatoms. The van der Waals surface area contributed by atoms with Gasteiger partial charge in [-0.15, -0.1) is 0 Å². The van der Waals surface area contributed by atoms with Crippen LogP contribution in [-0.4, -0.2) is 33.9 Å². The molecule has 0 atom stereocenters. The average molecular weight is 406 g/mol. The molecule has 1 aliphatic carbocycles. The van der Waals surface area contributed by atoms with E-state index in [1.54, 1.807) is 20.8 Å². The molecule has 3 N–H and O–H groups in total. The molecule has 1 heterocycles. The molecule has 1 saturated carbocycles. The van der Waals surface area contributed by atoms with Crippen molar-refractivity contribution >= 4 is 35.0 Å². The lowest BCUT2D eigenvalue weighted by Crippen LogP contribution is -2.46. The number of nitrogens with zero attached hydrogens (tertiary/aromatic N) is 2. The standard InChI is InChI=1S/C18H20ClN5O4/c1-9-20-17(24-28-9)18(2,3)23-16(27)15(26)22-11-6-7-13(19)12(8-11)14(25)21-10-4-5-10/h6-8,10H,4-5H2,1-3H3,(H,21,25)(H,22,26)(H,23,27). The molecule has 9 nitrogen and oxygen atoms in total. The highest BCUT2D eigenvalue weighted by atomic mass is 35.5. The summed E-state index contributed by atoms with van der Waals surface area (Å²) in [5.74, 6) is -1.51. The lowest BCUT2D eigenvalue weighted by molar-refractivity contribution is -0.137. The molecule has 0 spiro atoms. The summed E-state index contributed by atoms with van der Waals surface area (Å²) in [5, 5.41) is 11.9. The first-order chi connectivity index (χ1) is 13.2. The van der Waals surface area contributed by atoms with E-state index >= 15 is 0 Å². The van der Waals surface area contributed by atoms with Crippen molar-refractivity contribution in [1.29, 1.82) is 0 Å². The summed E-state index contributed by atoms with van der Waals surface area (Å²) < 4.78 is 4.90. The van der Waals surface area contributed by atoms with E-state index in [2.05, 4.69) is 26.1 Å². The van der Waals surface area contributed by atoms with E-state index in [-0.39, 0.29) is 34.0 Å². The van der Waals surface area contributed by atoms with Gasteiger partial charge in [-0.05, 0) is 44.9 Å². The number of carbonyl (C=O) groups excluding carboxylic acids is 3. The second-order valence-electron chi connectivity index (χ2n) is 7.11. The molecule has 1 aromatic heterocycles. The van der Waals surface area contributed by atoms with Crippen LogP contribution in [-0.2, 0) is 15.1 Å². The Hall–Kier alpha value is -2.94. The Balaban J connectivity index is 1.66. The van der Waals surface area contributed by atoms with E-state index in [1.807, 2.05) is 0 Å². The third kappa shape index (κ3) is 4.66. The number of amides is 3. The van der Waals surface area contributed by atoms with E-state index in [4.69, 9.17) is 16.1 Å². The minimum atomic E-state index is -1.01. The highest BCUT2D eigenvalue weighted by Gasteiger charge is 2.31. The molecule has 1 aromatic carbocycles. The van der Waals surface area contributed by atoms with E-state index in [9.17, 15) is 14.4 Å². The topological polar surface area (TPSA) is 126 Å². The normalized spacial score (nSPS) is 13.7. The van der Waals surface area contributed by atoms with Crippen molar-refractivity contribution in [3.05, 3.63) is 40.5 Å². The molecule has 28 heavy (non-hydrogen) atoms. The second kappa shape index (κ2) is 7.59. The Bertz CT molecular complexity index is 936. The summed E-state index contributed by atoms with van der Waals surface area (Å²) in [4.78, 5) is 40.8. The molecule has 148 valence electrons. The molecule has 0 bridgehead atoms. The maximum absolute atomic E-state index is 12.3. The van der Waals surface area contributed by atoms with Crippen LogP contribution in [0.1, 0.15) is 48.8 Å². The van der Waals surface area contributed by atoms with Crippen LogP contribution in [0.4, 0.5) is 5.69 Å². The summed E-state index contributed by atoms with van der Waals surface area (Å²) in [6, 6.07) is 4.60. The van der Waals surface area contributed by atoms with E-state index in [0.717, 1.165) is 12.8 Å². The summed E-state index contributed by atoms with van der Waals surface area (Å²) in [6.45, 7) is 4.91. The van der Waals surface area contributed by atoms with E-state index in [0.29, 0.717) is 5.89 Å². The van der Waals surface area contributed by atoms with Crippen LogP contribution in [0.3, 0.4) is 0 Å². The number of aromatic nitrogens is 2. The van der Waals surface area contributed by atoms with Gasteiger partial charge < -0.3 is 20.5 Å². The first kappa shape index (κ1) is 19.8. The Morgan fingerprint density at radius 1 is 1.21 bits per heavy atom. The number of hydrogen-bond donors (Lipinski definition) is 3. The molecule has 1 fully saturated rings. The van der Waals surface area contributed by atoms with Gasteiger partial charge in [-0.2, -0.15) is 4.98 Å². The van der Waals surface area contributed by atoms with Crippen molar-refractivity contribution < 1.29 is 18.9 Å². The number of anilines is 1. The van der Waals surface area contributed by atoms with E-state index in [1.165, 1.54) is 18.2 Å². The Morgan fingerprint density at radius 2 is 1.93 bits per heavy atom. The minimum Gasteiger partial charge on any atom is -0.349 e. The number of aryl methyl sites for hydroxylation is 1. The van der Waals surface area contributed by atoms with Gasteiger partial charge in [0.2, 0.25) is 5.89 Å². The van der Waals surface area contributed by atoms with Crippen molar-refractivity contribution in [1.82, 2.24) is 20.8 Å². The Labute approximate surface area is 166 Å². The van der Waals surface area contributed by atoms with Gasteiger partial charge in [0.1, 0.15) is 0 Å². The molecule has 3 rings (SSSR count). The number of benzene rings is 1. The number of halogens is 1. The number of hydrogen-bond acceptors (Lipinski definition) is 6. The highest BCUT2D eigenvalue weighted by Crippen LogP contribution is 2.24. The molecule has 3 amide bonds. The third-order valence-corrected chi connectivity index (χ3v) is 4.43. The number of carbonyl (C=O) groups is 3. The van der Waals surface area contributed by atoms with Crippen LogP contribution in [0.5, 0.6) is 0 Å². The molecule has 2 aromatic rings. The van der Waals surface area contributed by atoms with Gasteiger partial charge >= 0.3 is 11.8 Å². The first-order valence-corrected chi connectivity index (χ1v) is 9.08. The first-order valence-electron chi connectivity index (χ1n) is 8.70. The van der Waals surface area contributed by atoms with Gasteiger partial charge in [-0.1, -0.05) is 16.8 Å². The van der Waals surface area contributed by atoms with E-state index < -0.39 is 17.4 Å². The fourth-order valence-electron chi connectivity index (χ4n) is 2.41. The van der Waals surface area contributed by atoms with Gasteiger partial charge in [0.25, 0.3) is 5.91 Å². The van der Waals surface area contributed by atoms with Crippen molar-refractivity contribution in [3.8, 4) is 0 Å². The molecule has 0 unspecified atom stereocenters. The molecule has 0 radical (unpaired) electrons. The fourth-order valence-corrected chi connectivity index (χ4v) is 2.61. The fraction of sp³-hybridized carbons (Fsp3) is 0.389. The smallest absolute Gasteiger partial charge is 0.313 e. The van der Waals surface area contributed by atoms with Gasteiger partial charge in [0.15, 0.2) is 5.82 Å². The molecular formula is C18H20ClN5O4. The zero-order valence-electron chi connectivity index (χ0n) is 15.6. The molecule has 0 saturated heterocycles. The van der Waals surface area contributed by atoms with Gasteiger partial charge in [0.05, 0.1) is 16.1 Å². The SMILES string of the molecule is Cc1nc(C(C)(C)NC(=O)C(=O)Nc2ccc(Cl)c(C(=O)NC3CC3)c2)no1. The van der Waals surface area contributed by atoms with Crippen molar-refractivity contribution in [2.45, 2.75) is 45.2 Å². The van der Waals surface area contributed by atoms with Crippen LogP contribution in [0, 0.1) is 6.92 Å². The zero-order chi connectivity index (χ0) is 20.5. The van der Waals surface area contributed by atoms with Crippen LogP contribution in [0.2, 0.25) is 5.02 Å². The number of nitrogens with one attached hydrogen (secondary N) is 3. The van der Waals surface area contributed by atoms with Crippen molar-refractivity contribution in [2.24, 2.45) is 0 Å². The highest BCUT2D eigenvalue weighted by molar-refractivity contribution is 6.40. The monoisotopic (exact) mass is 405 g/mol. The number of rotatable bonds is 5.